The van der Waals surface area contributed by atoms with Crippen LogP contribution < -0.4 is 16.4 Å². The number of nitrogens with two attached hydrogens (primary N) is 1. The van der Waals surface area contributed by atoms with Crippen molar-refractivity contribution in [3.8, 4) is 0 Å². The topological polar surface area (TPSA) is 122 Å². The lowest BCUT2D eigenvalue weighted by atomic mass is 9.99. The first-order valence-corrected chi connectivity index (χ1v) is 10.2. The molecule has 2 amide bonds. The molecule has 1 aromatic rings. The van der Waals surface area contributed by atoms with E-state index in [1.165, 1.54) is 16.4 Å². The van der Waals surface area contributed by atoms with E-state index in [4.69, 9.17) is 5.73 Å². The van der Waals surface area contributed by atoms with Crippen molar-refractivity contribution >= 4 is 39.9 Å². The second kappa shape index (κ2) is 10.6. The van der Waals surface area contributed by atoms with Gasteiger partial charge in [-0.3, -0.25) is 9.59 Å². The van der Waals surface area contributed by atoms with E-state index in [2.05, 4.69) is 10.6 Å². The minimum absolute atomic E-state index is 0. The normalized spacial score (nSPS) is 17.6. The van der Waals surface area contributed by atoms with Crippen molar-refractivity contribution in [2.45, 2.75) is 31.1 Å². The molecule has 152 valence electrons. The number of sulfonamides is 1. The Kier molecular flexibility index (Phi) is 9.17. The Morgan fingerprint density at radius 2 is 1.93 bits per heavy atom. The highest BCUT2D eigenvalue weighted by atomic mass is 35.5. The van der Waals surface area contributed by atoms with E-state index in [1.807, 2.05) is 0 Å². The van der Waals surface area contributed by atoms with Gasteiger partial charge in [0, 0.05) is 38.3 Å². The first-order valence-electron chi connectivity index (χ1n) is 8.76. The van der Waals surface area contributed by atoms with E-state index >= 15 is 0 Å². The lowest BCUT2D eigenvalue weighted by Gasteiger charge is -2.31. The van der Waals surface area contributed by atoms with E-state index in [0.717, 1.165) is 0 Å². The molecule has 1 aliphatic rings. The summed E-state index contributed by atoms with van der Waals surface area (Å²) in [5, 5.41) is 5.40. The van der Waals surface area contributed by atoms with Crippen LogP contribution in [0.4, 0.5) is 5.69 Å². The van der Waals surface area contributed by atoms with Gasteiger partial charge < -0.3 is 16.4 Å². The van der Waals surface area contributed by atoms with Crippen LogP contribution in [0.3, 0.4) is 0 Å². The summed E-state index contributed by atoms with van der Waals surface area (Å²) in [5.41, 5.74) is 5.93. The van der Waals surface area contributed by atoms with Gasteiger partial charge in [-0.05, 0) is 37.1 Å². The van der Waals surface area contributed by atoms with Gasteiger partial charge in [-0.15, -0.1) is 12.4 Å². The van der Waals surface area contributed by atoms with Crippen molar-refractivity contribution in [2.75, 3.05) is 31.5 Å². The molecule has 0 aromatic heterocycles. The van der Waals surface area contributed by atoms with Gasteiger partial charge in [0.25, 0.3) is 0 Å². The van der Waals surface area contributed by atoms with Crippen LogP contribution in [0.1, 0.15) is 26.2 Å². The Morgan fingerprint density at radius 3 is 2.52 bits per heavy atom. The van der Waals surface area contributed by atoms with Crippen molar-refractivity contribution in [1.82, 2.24) is 9.62 Å². The van der Waals surface area contributed by atoms with Crippen LogP contribution in [0.2, 0.25) is 0 Å². The lowest BCUT2D eigenvalue weighted by Crippen LogP contribution is -2.46. The maximum absolute atomic E-state index is 12.8. The number of hydrogen-bond donors (Lipinski definition) is 3. The molecule has 2 rings (SSSR count). The Balaban J connectivity index is 0.00000364. The van der Waals surface area contributed by atoms with Crippen molar-refractivity contribution in [3.05, 3.63) is 24.3 Å². The van der Waals surface area contributed by atoms with Gasteiger partial charge >= 0.3 is 0 Å². The highest BCUT2D eigenvalue weighted by molar-refractivity contribution is 7.89. The number of carbonyl (C=O) groups excluding carboxylic acids is 2. The average Bonchev–Trinajstić information content (AvgIpc) is 2.66. The summed E-state index contributed by atoms with van der Waals surface area (Å²) in [6.07, 6.45) is 1.64. The fourth-order valence-corrected chi connectivity index (χ4v) is 4.35. The fourth-order valence-electron chi connectivity index (χ4n) is 2.82. The number of amides is 2. The Labute approximate surface area is 166 Å². The SMILES string of the molecule is CCC(=O)Nc1ccc(S(=O)(=O)N2CCCC(C(=O)NCCN)C2)cc1.Cl. The maximum Gasteiger partial charge on any atom is 0.243 e. The van der Waals surface area contributed by atoms with Crippen molar-refractivity contribution in [3.63, 3.8) is 0 Å². The molecule has 1 aromatic carbocycles. The molecule has 10 heteroatoms. The van der Waals surface area contributed by atoms with Gasteiger partial charge in [-0.1, -0.05) is 6.92 Å². The number of nitrogens with zero attached hydrogens (tertiary/aromatic N) is 1. The molecule has 0 radical (unpaired) electrons. The van der Waals surface area contributed by atoms with Crippen molar-refractivity contribution in [2.24, 2.45) is 11.7 Å². The molecule has 1 atom stereocenters. The summed E-state index contributed by atoms with van der Waals surface area (Å²) in [6.45, 7) is 3.02. The third kappa shape index (κ3) is 6.17. The lowest BCUT2D eigenvalue weighted by molar-refractivity contribution is -0.126. The van der Waals surface area contributed by atoms with E-state index in [1.54, 1.807) is 19.1 Å². The molecule has 4 N–H and O–H groups in total. The Bertz CT molecular complexity index is 740. The minimum Gasteiger partial charge on any atom is -0.355 e. The fraction of sp³-hybridized carbons (Fsp3) is 0.529. The average molecular weight is 419 g/mol. The highest BCUT2D eigenvalue weighted by Crippen LogP contribution is 2.25. The number of anilines is 1. The van der Waals surface area contributed by atoms with Crippen molar-refractivity contribution < 1.29 is 18.0 Å². The monoisotopic (exact) mass is 418 g/mol. The third-order valence-corrected chi connectivity index (χ3v) is 6.17. The molecule has 1 heterocycles. The number of nitrogens with one attached hydrogen (secondary N) is 2. The number of carbonyl (C=O) groups is 2. The molecule has 0 aliphatic carbocycles. The smallest absolute Gasteiger partial charge is 0.243 e. The molecule has 1 unspecified atom stereocenters. The second-order valence-electron chi connectivity index (χ2n) is 6.21. The summed E-state index contributed by atoms with van der Waals surface area (Å²) in [5.74, 6) is -0.663. The number of piperidine rings is 1. The van der Waals surface area contributed by atoms with Gasteiger partial charge in [-0.2, -0.15) is 4.31 Å². The molecule has 1 fully saturated rings. The molecule has 27 heavy (non-hydrogen) atoms. The minimum atomic E-state index is -3.68. The third-order valence-electron chi connectivity index (χ3n) is 4.30. The van der Waals surface area contributed by atoms with Crippen LogP contribution in [0, 0.1) is 5.92 Å². The van der Waals surface area contributed by atoms with Crippen LogP contribution in [-0.2, 0) is 19.6 Å². The first-order chi connectivity index (χ1) is 12.4. The first kappa shape index (κ1) is 23.4. The zero-order valence-electron chi connectivity index (χ0n) is 15.3. The zero-order chi connectivity index (χ0) is 19.2. The summed E-state index contributed by atoms with van der Waals surface area (Å²) >= 11 is 0. The standard InChI is InChI=1S/C17H26N4O4S.ClH/c1-2-16(22)20-14-5-7-15(8-6-14)26(24,25)21-11-3-4-13(12-21)17(23)19-10-9-18;/h5-8,13H,2-4,9-12,18H2,1H3,(H,19,23)(H,20,22);1H. The van der Waals surface area contributed by atoms with E-state index in [-0.39, 0.29) is 41.6 Å². The quantitative estimate of drug-likeness (QED) is 0.608. The highest BCUT2D eigenvalue weighted by Gasteiger charge is 2.33. The van der Waals surface area contributed by atoms with Crippen LogP contribution in [0.5, 0.6) is 0 Å². The van der Waals surface area contributed by atoms with Crippen LogP contribution in [-0.4, -0.2) is 50.7 Å². The van der Waals surface area contributed by atoms with E-state index in [0.29, 0.717) is 44.6 Å². The summed E-state index contributed by atoms with van der Waals surface area (Å²) in [7, 11) is -3.68. The van der Waals surface area contributed by atoms with Crippen LogP contribution in [0.15, 0.2) is 29.2 Å². The van der Waals surface area contributed by atoms with Gasteiger partial charge in [0.1, 0.15) is 0 Å². The Morgan fingerprint density at radius 1 is 1.26 bits per heavy atom. The summed E-state index contributed by atoms with van der Waals surface area (Å²) in [4.78, 5) is 23.7. The molecule has 1 saturated heterocycles. The largest absolute Gasteiger partial charge is 0.355 e. The number of rotatable bonds is 7. The van der Waals surface area contributed by atoms with Crippen molar-refractivity contribution in [1.29, 1.82) is 0 Å². The molecule has 8 nitrogen and oxygen atoms in total. The van der Waals surface area contributed by atoms with Gasteiger partial charge in [0.05, 0.1) is 10.8 Å². The van der Waals surface area contributed by atoms with Gasteiger partial charge in [0.2, 0.25) is 21.8 Å². The van der Waals surface area contributed by atoms with E-state index < -0.39 is 10.0 Å². The summed E-state index contributed by atoms with van der Waals surface area (Å²) in [6, 6.07) is 6.07. The molecule has 0 spiro atoms. The van der Waals surface area contributed by atoms with Crippen LogP contribution >= 0.6 is 12.4 Å². The number of benzene rings is 1. The molecular formula is C17H27ClN4O4S. The predicted molar refractivity (Wildman–Crippen MR) is 106 cm³/mol. The molecule has 0 bridgehead atoms. The zero-order valence-corrected chi connectivity index (χ0v) is 16.9. The van der Waals surface area contributed by atoms with Gasteiger partial charge in [-0.25, -0.2) is 8.42 Å². The second-order valence-corrected chi connectivity index (χ2v) is 8.15. The predicted octanol–water partition coefficient (Wildman–Crippen LogP) is 0.933. The molecular weight excluding hydrogens is 392 g/mol. The summed E-state index contributed by atoms with van der Waals surface area (Å²) < 4.78 is 27.0. The molecule has 1 aliphatic heterocycles. The Hall–Kier alpha value is -1.68. The number of halogens is 1. The van der Waals surface area contributed by atoms with E-state index in [9.17, 15) is 18.0 Å². The van der Waals surface area contributed by atoms with Gasteiger partial charge in [0.15, 0.2) is 0 Å². The number of hydrogen-bond acceptors (Lipinski definition) is 5. The molecule has 0 saturated carbocycles. The maximum atomic E-state index is 12.8. The van der Waals surface area contributed by atoms with Crippen LogP contribution in [0.25, 0.3) is 0 Å².